The second-order valence-electron chi connectivity index (χ2n) is 7.18. The summed E-state index contributed by atoms with van der Waals surface area (Å²) in [5.74, 6) is 1.81. The smallest absolute Gasteiger partial charge is 0.256 e. The highest BCUT2D eigenvalue weighted by Crippen LogP contribution is 2.36. The topological polar surface area (TPSA) is 75.6 Å². The van der Waals surface area contributed by atoms with Gasteiger partial charge in [-0.15, -0.1) is 0 Å². The number of benzene rings is 2. The van der Waals surface area contributed by atoms with Gasteiger partial charge in [-0.2, -0.15) is 0 Å². The lowest BCUT2D eigenvalue weighted by Gasteiger charge is -2.13. The number of rotatable bonds is 8. The van der Waals surface area contributed by atoms with E-state index >= 15 is 0 Å². The SMILES string of the molecule is COCCOc1ccc(-c2cc(-c3cnc(OC)c(OC)c3)cc3c(C)ncnc23)cc1. The second-order valence-corrected chi connectivity index (χ2v) is 7.18. The van der Waals surface area contributed by atoms with E-state index in [1.807, 2.05) is 37.3 Å². The van der Waals surface area contributed by atoms with Gasteiger partial charge < -0.3 is 18.9 Å². The number of aryl methyl sites for hydroxylation is 1. The summed E-state index contributed by atoms with van der Waals surface area (Å²) in [6.07, 6.45) is 3.37. The predicted octanol–water partition coefficient (Wildman–Crippen LogP) is 4.71. The Bertz CT molecular complexity index is 1230. The van der Waals surface area contributed by atoms with Gasteiger partial charge >= 0.3 is 0 Å². The van der Waals surface area contributed by atoms with E-state index in [4.69, 9.17) is 18.9 Å². The number of nitrogens with zero attached hydrogens (tertiary/aromatic N) is 3. The molecule has 164 valence electrons. The molecule has 2 aromatic carbocycles. The Kier molecular flexibility index (Phi) is 6.47. The minimum atomic E-state index is 0.445. The van der Waals surface area contributed by atoms with E-state index in [1.165, 1.54) is 0 Å². The third-order valence-electron chi connectivity index (χ3n) is 5.22. The van der Waals surface area contributed by atoms with E-state index in [0.717, 1.165) is 44.6 Å². The number of fused-ring (bicyclic) bond motifs is 1. The van der Waals surface area contributed by atoms with Crippen molar-refractivity contribution in [1.29, 1.82) is 0 Å². The zero-order chi connectivity index (χ0) is 22.5. The van der Waals surface area contributed by atoms with E-state index in [2.05, 4.69) is 27.1 Å². The molecule has 0 aliphatic rings. The van der Waals surface area contributed by atoms with Crippen LogP contribution in [0.3, 0.4) is 0 Å². The van der Waals surface area contributed by atoms with E-state index in [-0.39, 0.29) is 0 Å². The molecule has 2 heterocycles. The zero-order valence-electron chi connectivity index (χ0n) is 18.6. The Morgan fingerprint density at radius 2 is 1.59 bits per heavy atom. The first-order valence-electron chi connectivity index (χ1n) is 10.2. The molecule has 0 saturated carbocycles. The largest absolute Gasteiger partial charge is 0.491 e. The van der Waals surface area contributed by atoms with Crippen LogP contribution in [-0.4, -0.2) is 49.5 Å². The predicted molar refractivity (Wildman–Crippen MR) is 123 cm³/mol. The van der Waals surface area contributed by atoms with Gasteiger partial charge in [-0.25, -0.2) is 15.0 Å². The molecule has 4 aromatic rings. The lowest BCUT2D eigenvalue weighted by Crippen LogP contribution is -2.03. The standard InChI is InChI=1S/C25H25N3O4/c1-16-21-11-18(19-13-23(30-3)25(31-4)26-14-19)12-22(24(21)28-15-27-16)17-5-7-20(8-6-17)32-10-9-29-2/h5-8,11-15H,9-10H2,1-4H3. The van der Waals surface area contributed by atoms with Gasteiger partial charge in [-0.3, -0.25) is 0 Å². The number of ether oxygens (including phenoxy) is 4. The van der Waals surface area contributed by atoms with Crippen molar-refractivity contribution in [1.82, 2.24) is 15.0 Å². The van der Waals surface area contributed by atoms with Gasteiger partial charge in [0.1, 0.15) is 18.7 Å². The average Bonchev–Trinajstić information content (AvgIpc) is 2.84. The summed E-state index contributed by atoms with van der Waals surface area (Å²) in [7, 11) is 4.83. The molecule has 0 amide bonds. The Balaban J connectivity index is 1.82. The van der Waals surface area contributed by atoms with Crippen LogP contribution in [0, 0.1) is 6.92 Å². The highest BCUT2D eigenvalue weighted by atomic mass is 16.5. The number of hydrogen-bond acceptors (Lipinski definition) is 7. The quantitative estimate of drug-likeness (QED) is 0.374. The third kappa shape index (κ3) is 4.33. The molecule has 0 atom stereocenters. The number of hydrogen-bond donors (Lipinski definition) is 0. The fraction of sp³-hybridized carbons (Fsp3) is 0.240. The van der Waals surface area contributed by atoms with Crippen LogP contribution in [0.1, 0.15) is 5.69 Å². The zero-order valence-corrected chi connectivity index (χ0v) is 18.6. The Labute approximate surface area is 187 Å². The minimum Gasteiger partial charge on any atom is -0.491 e. The Hall–Kier alpha value is -3.71. The lowest BCUT2D eigenvalue weighted by atomic mass is 9.95. The molecular weight excluding hydrogens is 406 g/mol. The van der Waals surface area contributed by atoms with Crippen molar-refractivity contribution in [3.8, 4) is 39.6 Å². The van der Waals surface area contributed by atoms with Crippen molar-refractivity contribution in [2.75, 3.05) is 34.5 Å². The van der Waals surface area contributed by atoms with Crippen LogP contribution >= 0.6 is 0 Å². The molecule has 0 fully saturated rings. The molecule has 0 radical (unpaired) electrons. The molecule has 32 heavy (non-hydrogen) atoms. The summed E-state index contributed by atoms with van der Waals surface area (Å²) < 4.78 is 21.5. The van der Waals surface area contributed by atoms with Crippen molar-refractivity contribution in [2.24, 2.45) is 0 Å². The van der Waals surface area contributed by atoms with Crippen LogP contribution in [-0.2, 0) is 4.74 Å². The summed E-state index contributed by atoms with van der Waals surface area (Å²) in [5.41, 5.74) is 5.73. The maximum Gasteiger partial charge on any atom is 0.256 e. The molecule has 0 aliphatic carbocycles. The van der Waals surface area contributed by atoms with Gasteiger partial charge in [0, 0.05) is 35.5 Å². The minimum absolute atomic E-state index is 0.445. The highest BCUT2D eigenvalue weighted by molar-refractivity contribution is 5.98. The third-order valence-corrected chi connectivity index (χ3v) is 5.22. The van der Waals surface area contributed by atoms with Crippen molar-refractivity contribution in [3.05, 3.63) is 60.7 Å². The van der Waals surface area contributed by atoms with Crippen LogP contribution in [0.5, 0.6) is 17.4 Å². The number of aromatic nitrogens is 3. The van der Waals surface area contributed by atoms with E-state index in [0.29, 0.717) is 24.8 Å². The van der Waals surface area contributed by atoms with Crippen LogP contribution in [0.15, 0.2) is 55.0 Å². The molecule has 0 N–H and O–H groups in total. The van der Waals surface area contributed by atoms with Gasteiger partial charge in [-0.1, -0.05) is 12.1 Å². The van der Waals surface area contributed by atoms with Crippen molar-refractivity contribution in [2.45, 2.75) is 6.92 Å². The molecule has 7 nitrogen and oxygen atoms in total. The first-order valence-corrected chi connectivity index (χ1v) is 10.2. The molecule has 0 bridgehead atoms. The fourth-order valence-corrected chi connectivity index (χ4v) is 3.54. The number of pyridine rings is 1. The molecule has 0 aliphatic heterocycles. The molecule has 0 saturated heterocycles. The first-order chi connectivity index (χ1) is 15.6. The first kappa shape index (κ1) is 21.5. The summed E-state index contributed by atoms with van der Waals surface area (Å²) in [5, 5.41) is 0.982. The van der Waals surface area contributed by atoms with Crippen LogP contribution in [0.4, 0.5) is 0 Å². The van der Waals surface area contributed by atoms with Crippen molar-refractivity contribution >= 4 is 10.9 Å². The van der Waals surface area contributed by atoms with Gasteiger partial charge in [0.15, 0.2) is 5.75 Å². The summed E-state index contributed by atoms with van der Waals surface area (Å²) in [6, 6.07) is 14.1. The normalized spacial score (nSPS) is 10.9. The molecule has 0 unspecified atom stereocenters. The summed E-state index contributed by atoms with van der Waals surface area (Å²) in [4.78, 5) is 13.4. The van der Waals surface area contributed by atoms with Gasteiger partial charge in [0.25, 0.3) is 5.88 Å². The van der Waals surface area contributed by atoms with Crippen LogP contribution < -0.4 is 14.2 Å². The van der Waals surface area contributed by atoms with Gasteiger partial charge in [-0.05, 0) is 48.4 Å². The molecule has 2 aromatic heterocycles. The Morgan fingerprint density at radius 3 is 2.31 bits per heavy atom. The van der Waals surface area contributed by atoms with E-state index < -0.39 is 0 Å². The van der Waals surface area contributed by atoms with Crippen molar-refractivity contribution < 1.29 is 18.9 Å². The fourth-order valence-electron chi connectivity index (χ4n) is 3.54. The summed E-state index contributed by atoms with van der Waals surface area (Å²) >= 11 is 0. The molecule has 7 heteroatoms. The monoisotopic (exact) mass is 431 g/mol. The van der Waals surface area contributed by atoms with E-state index in [9.17, 15) is 0 Å². The maximum absolute atomic E-state index is 5.70. The average molecular weight is 431 g/mol. The molecular formula is C25H25N3O4. The molecule has 4 rings (SSSR count). The second kappa shape index (κ2) is 9.62. The van der Waals surface area contributed by atoms with Crippen molar-refractivity contribution in [3.63, 3.8) is 0 Å². The maximum atomic E-state index is 5.70. The van der Waals surface area contributed by atoms with Crippen LogP contribution in [0.25, 0.3) is 33.2 Å². The highest BCUT2D eigenvalue weighted by Gasteiger charge is 2.14. The number of methoxy groups -OCH3 is 3. The van der Waals surface area contributed by atoms with Gasteiger partial charge in [0.2, 0.25) is 0 Å². The Morgan fingerprint density at radius 1 is 0.781 bits per heavy atom. The van der Waals surface area contributed by atoms with Crippen LogP contribution in [0.2, 0.25) is 0 Å². The lowest BCUT2D eigenvalue weighted by molar-refractivity contribution is 0.146. The van der Waals surface area contributed by atoms with E-state index in [1.54, 1.807) is 33.9 Å². The van der Waals surface area contributed by atoms with Gasteiger partial charge in [0.05, 0.1) is 26.3 Å². The summed E-state index contributed by atoms with van der Waals surface area (Å²) in [6.45, 7) is 3.04. The molecule has 0 spiro atoms.